The fourth-order valence-electron chi connectivity index (χ4n) is 5.88. The summed E-state index contributed by atoms with van der Waals surface area (Å²) in [6.07, 6.45) is 3.62. The van der Waals surface area contributed by atoms with Gasteiger partial charge in [-0.2, -0.15) is 0 Å². The molecule has 31 heavy (non-hydrogen) atoms. The Morgan fingerprint density at radius 1 is 1.06 bits per heavy atom. The third-order valence-electron chi connectivity index (χ3n) is 8.39. The Balaban J connectivity index is 1.23. The van der Waals surface area contributed by atoms with Crippen molar-refractivity contribution >= 4 is 17.8 Å². The van der Waals surface area contributed by atoms with Gasteiger partial charge in [-0.25, -0.2) is 9.97 Å². The first-order chi connectivity index (χ1) is 14.6. The average Bonchev–Trinajstić information content (AvgIpc) is 2.90. The van der Waals surface area contributed by atoms with Gasteiger partial charge in [0, 0.05) is 23.9 Å². The van der Waals surface area contributed by atoms with Crippen molar-refractivity contribution in [2.75, 3.05) is 44.2 Å². The summed E-state index contributed by atoms with van der Waals surface area (Å²) in [6.45, 7) is 16.1. The number of anilines is 1. The van der Waals surface area contributed by atoms with Gasteiger partial charge in [0.05, 0.1) is 38.1 Å². The smallest absolute Gasteiger partial charge is 0.235 e. The molecule has 7 heteroatoms. The first-order valence-electron chi connectivity index (χ1n) is 11.9. The number of amides is 2. The maximum Gasteiger partial charge on any atom is 0.235 e. The average molecular weight is 429 g/mol. The van der Waals surface area contributed by atoms with Crippen LogP contribution in [-0.2, 0) is 9.59 Å². The van der Waals surface area contributed by atoms with Crippen molar-refractivity contribution in [3.63, 3.8) is 0 Å². The summed E-state index contributed by atoms with van der Waals surface area (Å²) >= 11 is 0. The predicted octanol–water partition coefficient (Wildman–Crippen LogP) is 1.39. The topological polar surface area (TPSA) is 70.8 Å². The van der Waals surface area contributed by atoms with Gasteiger partial charge in [-0.1, -0.05) is 20.8 Å². The molecule has 1 N–H and O–H groups in total. The zero-order valence-electron chi connectivity index (χ0n) is 19.8. The lowest BCUT2D eigenvalue weighted by atomic mass is 9.62. The van der Waals surface area contributed by atoms with Crippen molar-refractivity contribution in [1.82, 2.24) is 14.9 Å². The van der Waals surface area contributed by atoms with Crippen LogP contribution in [0.1, 0.15) is 57.8 Å². The number of hydrogen-bond donors (Lipinski definition) is 1. The van der Waals surface area contributed by atoms with Crippen molar-refractivity contribution in [1.29, 1.82) is 0 Å². The first-order valence-corrected chi connectivity index (χ1v) is 11.9. The number of carbonyl (C=O) groups is 2. The van der Waals surface area contributed by atoms with Gasteiger partial charge in [0.1, 0.15) is 0 Å². The number of likely N-dealkylation sites (tertiary alicyclic amines) is 1. The fraction of sp³-hybridized carbons (Fsp3) is 0.750. The number of imide groups is 1. The van der Waals surface area contributed by atoms with Gasteiger partial charge in [0.15, 0.2) is 0 Å². The Hall–Kier alpha value is -2.02. The molecular formula is C24H38N5O2+. The van der Waals surface area contributed by atoms with Crippen LogP contribution in [0.25, 0.3) is 0 Å². The minimum atomic E-state index is -0.386. The van der Waals surface area contributed by atoms with Crippen molar-refractivity contribution in [3.05, 3.63) is 17.5 Å². The molecule has 0 radical (unpaired) electrons. The quantitative estimate of drug-likeness (QED) is 0.548. The molecule has 1 saturated carbocycles. The lowest BCUT2D eigenvalue weighted by Crippen LogP contribution is -3.14. The van der Waals surface area contributed by atoms with Crippen LogP contribution in [-0.4, -0.2) is 66.0 Å². The van der Waals surface area contributed by atoms with Gasteiger partial charge in [-0.05, 0) is 51.0 Å². The van der Waals surface area contributed by atoms with Crippen LogP contribution >= 0.6 is 0 Å². The molecule has 2 saturated heterocycles. The largest absolute Gasteiger partial charge is 0.332 e. The van der Waals surface area contributed by atoms with E-state index >= 15 is 0 Å². The second kappa shape index (κ2) is 8.15. The Labute approximate surface area is 186 Å². The lowest BCUT2D eigenvalue weighted by molar-refractivity contribution is -0.900. The van der Waals surface area contributed by atoms with Crippen LogP contribution in [0.4, 0.5) is 5.95 Å². The summed E-state index contributed by atoms with van der Waals surface area (Å²) in [5.74, 6) is 0.983. The number of unbranched alkanes of at least 4 members (excludes halogenated alkanes) is 1. The molecule has 3 aliphatic rings. The fourth-order valence-corrected chi connectivity index (χ4v) is 5.88. The van der Waals surface area contributed by atoms with E-state index in [4.69, 9.17) is 0 Å². The second-order valence-corrected chi connectivity index (χ2v) is 10.6. The van der Waals surface area contributed by atoms with Crippen LogP contribution in [0, 0.1) is 30.6 Å². The zero-order chi connectivity index (χ0) is 22.4. The number of rotatable bonds is 6. The van der Waals surface area contributed by atoms with E-state index < -0.39 is 0 Å². The van der Waals surface area contributed by atoms with Crippen LogP contribution in [0.2, 0.25) is 0 Å². The van der Waals surface area contributed by atoms with E-state index in [1.165, 1.54) is 0 Å². The van der Waals surface area contributed by atoms with E-state index in [2.05, 4.69) is 35.6 Å². The van der Waals surface area contributed by atoms with Gasteiger partial charge in [0.25, 0.3) is 0 Å². The molecular weight excluding hydrogens is 390 g/mol. The van der Waals surface area contributed by atoms with Gasteiger partial charge in [-0.15, -0.1) is 0 Å². The van der Waals surface area contributed by atoms with E-state index in [1.54, 1.807) is 9.80 Å². The number of quaternary nitrogens is 1. The van der Waals surface area contributed by atoms with E-state index in [0.29, 0.717) is 6.54 Å². The Bertz CT molecular complexity index is 841. The molecule has 1 aliphatic carbocycles. The van der Waals surface area contributed by atoms with Crippen LogP contribution < -0.4 is 9.80 Å². The van der Waals surface area contributed by atoms with Crippen LogP contribution in [0.3, 0.4) is 0 Å². The summed E-state index contributed by atoms with van der Waals surface area (Å²) in [4.78, 5) is 40.7. The number of aryl methyl sites for hydroxylation is 2. The zero-order valence-corrected chi connectivity index (χ0v) is 19.8. The standard InChI is InChI=1S/C24H37N5O2/c1-17-16-18(2)26-22(25-17)28-14-12-27(13-15-28)10-6-7-11-29-20(30)19-8-9-24(5,21(29)31)23(19,3)4/h16,19H,6-15H2,1-5H3/p+1/t19-,24+/m1/s1. The maximum absolute atomic E-state index is 13.1. The van der Waals surface area contributed by atoms with E-state index in [9.17, 15) is 9.59 Å². The first kappa shape index (κ1) is 22.2. The summed E-state index contributed by atoms with van der Waals surface area (Å²) in [5.41, 5.74) is 1.43. The molecule has 1 aromatic rings. The highest BCUT2D eigenvalue weighted by molar-refractivity contribution is 6.03. The molecule has 2 atom stereocenters. The highest BCUT2D eigenvalue weighted by atomic mass is 16.2. The third kappa shape index (κ3) is 3.86. The number of carbonyl (C=O) groups excluding carboxylic acids is 2. The Morgan fingerprint density at radius 3 is 2.35 bits per heavy atom. The van der Waals surface area contributed by atoms with Gasteiger partial charge >= 0.3 is 0 Å². The predicted molar refractivity (Wildman–Crippen MR) is 120 cm³/mol. The second-order valence-electron chi connectivity index (χ2n) is 10.6. The maximum atomic E-state index is 13.1. The van der Waals surface area contributed by atoms with E-state index in [-0.39, 0.29) is 28.6 Å². The van der Waals surface area contributed by atoms with Crippen molar-refractivity contribution in [3.8, 4) is 0 Å². The Kier molecular flexibility index (Phi) is 5.83. The van der Waals surface area contributed by atoms with Gasteiger partial charge in [-0.3, -0.25) is 14.5 Å². The molecule has 0 spiro atoms. The highest BCUT2D eigenvalue weighted by Gasteiger charge is 2.64. The molecule has 0 unspecified atom stereocenters. The van der Waals surface area contributed by atoms with Crippen molar-refractivity contribution < 1.29 is 14.5 Å². The third-order valence-corrected chi connectivity index (χ3v) is 8.39. The molecule has 7 nitrogen and oxygen atoms in total. The summed E-state index contributed by atoms with van der Waals surface area (Å²) in [7, 11) is 0. The number of aromatic nitrogens is 2. The minimum absolute atomic E-state index is 0.00128. The summed E-state index contributed by atoms with van der Waals surface area (Å²) in [5, 5.41) is 0. The van der Waals surface area contributed by atoms with Crippen LogP contribution in [0.5, 0.6) is 0 Å². The monoisotopic (exact) mass is 428 g/mol. The normalized spacial score (nSPS) is 28.5. The van der Waals surface area contributed by atoms with Gasteiger partial charge in [0.2, 0.25) is 17.8 Å². The van der Waals surface area contributed by atoms with E-state index in [1.807, 2.05) is 19.9 Å². The molecule has 2 amide bonds. The number of piperidine rings is 1. The highest BCUT2D eigenvalue weighted by Crippen LogP contribution is 2.60. The van der Waals surface area contributed by atoms with Crippen LogP contribution in [0.15, 0.2) is 6.07 Å². The minimum Gasteiger partial charge on any atom is -0.332 e. The molecule has 4 rings (SSSR count). The molecule has 170 valence electrons. The number of nitrogens with zero attached hydrogens (tertiary/aromatic N) is 4. The number of fused-ring (bicyclic) bond motifs is 2. The molecule has 2 bridgehead atoms. The van der Waals surface area contributed by atoms with Gasteiger partial charge < -0.3 is 9.80 Å². The molecule has 0 aromatic carbocycles. The Morgan fingerprint density at radius 2 is 1.71 bits per heavy atom. The molecule has 3 heterocycles. The number of piperazine rings is 1. The van der Waals surface area contributed by atoms with Crippen molar-refractivity contribution in [2.24, 2.45) is 16.7 Å². The number of nitrogens with one attached hydrogen (secondary N) is 1. The molecule has 3 fully saturated rings. The summed E-state index contributed by atoms with van der Waals surface area (Å²) in [6, 6.07) is 2.01. The molecule has 2 aliphatic heterocycles. The van der Waals surface area contributed by atoms with Crippen molar-refractivity contribution in [2.45, 2.75) is 60.3 Å². The lowest BCUT2D eigenvalue weighted by Gasteiger charge is -2.47. The SMILES string of the molecule is Cc1cc(C)nc(N2CC[NH+](CCCCN3C(=O)[C@H]4CC[C@@](C)(C3=O)C4(C)C)CC2)n1. The van der Waals surface area contributed by atoms with E-state index in [0.717, 1.165) is 75.7 Å². The number of hydrogen-bond acceptors (Lipinski definition) is 5. The summed E-state index contributed by atoms with van der Waals surface area (Å²) < 4.78 is 0. The molecule has 1 aromatic heterocycles.